The van der Waals surface area contributed by atoms with Crippen molar-refractivity contribution in [2.45, 2.75) is 38.9 Å². The van der Waals surface area contributed by atoms with E-state index in [2.05, 4.69) is 40.0 Å². The average Bonchev–Trinajstić information content (AvgIpc) is 3.43. The quantitative estimate of drug-likeness (QED) is 0.468. The van der Waals surface area contributed by atoms with Gasteiger partial charge in [-0.2, -0.15) is 0 Å². The molecule has 164 valence electrons. The van der Waals surface area contributed by atoms with Gasteiger partial charge in [-0.3, -0.25) is 4.90 Å². The van der Waals surface area contributed by atoms with Gasteiger partial charge in [0.25, 0.3) is 0 Å². The Kier molecular flexibility index (Phi) is 8.66. The van der Waals surface area contributed by atoms with Crippen molar-refractivity contribution in [2.24, 2.45) is 4.99 Å². The van der Waals surface area contributed by atoms with E-state index >= 15 is 0 Å². The molecule has 1 fully saturated rings. The van der Waals surface area contributed by atoms with Crippen molar-refractivity contribution < 1.29 is 4.39 Å². The standard InChI is InChI=1S/C23H34FN5S/c1-4-25-23(26-15-18-9-10-20(24)19(14-18)17-28(2)3)27-16-21(22-8-7-13-30-22)29-11-5-6-12-29/h7-10,13-14,21H,4-6,11-12,15-17H2,1-3H3,(H2,25,26,27). The van der Waals surface area contributed by atoms with Crippen molar-refractivity contribution in [3.63, 3.8) is 0 Å². The van der Waals surface area contributed by atoms with E-state index in [1.807, 2.05) is 42.5 Å². The maximum Gasteiger partial charge on any atom is 0.191 e. The van der Waals surface area contributed by atoms with Crippen LogP contribution in [0.3, 0.4) is 0 Å². The first-order chi connectivity index (χ1) is 14.6. The van der Waals surface area contributed by atoms with Gasteiger partial charge in [-0.05, 0) is 76.1 Å². The van der Waals surface area contributed by atoms with E-state index in [1.165, 1.54) is 17.7 Å². The topological polar surface area (TPSA) is 42.9 Å². The van der Waals surface area contributed by atoms with Crippen LogP contribution in [-0.2, 0) is 13.1 Å². The van der Waals surface area contributed by atoms with Crippen molar-refractivity contribution in [1.29, 1.82) is 0 Å². The third-order valence-electron chi connectivity index (χ3n) is 5.28. The minimum Gasteiger partial charge on any atom is -0.357 e. The smallest absolute Gasteiger partial charge is 0.191 e. The lowest BCUT2D eigenvalue weighted by Crippen LogP contribution is -2.42. The molecular formula is C23H34FN5S. The summed E-state index contributed by atoms with van der Waals surface area (Å²) in [6, 6.07) is 10.0. The van der Waals surface area contributed by atoms with Crippen LogP contribution in [0.2, 0.25) is 0 Å². The Morgan fingerprint density at radius 3 is 2.70 bits per heavy atom. The zero-order valence-corrected chi connectivity index (χ0v) is 19.1. The van der Waals surface area contributed by atoms with Crippen LogP contribution in [0, 0.1) is 5.82 Å². The third kappa shape index (κ3) is 6.52. The molecule has 0 bridgehead atoms. The van der Waals surface area contributed by atoms with Gasteiger partial charge in [-0.25, -0.2) is 9.38 Å². The number of rotatable bonds is 9. The number of guanidine groups is 1. The summed E-state index contributed by atoms with van der Waals surface area (Å²) in [5.74, 6) is 0.641. The molecule has 1 saturated heterocycles. The Morgan fingerprint density at radius 1 is 1.23 bits per heavy atom. The summed E-state index contributed by atoms with van der Waals surface area (Å²) in [5.41, 5.74) is 1.72. The van der Waals surface area contributed by atoms with Crippen molar-refractivity contribution >= 4 is 17.3 Å². The Morgan fingerprint density at radius 2 is 2.03 bits per heavy atom. The SMILES string of the molecule is CCNC(=NCc1ccc(F)c(CN(C)C)c1)NCC(c1cccs1)N1CCCC1. The highest BCUT2D eigenvalue weighted by Gasteiger charge is 2.24. The van der Waals surface area contributed by atoms with Crippen molar-refractivity contribution in [1.82, 2.24) is 20.4 Å². The lowest BCUT2D eigenvalue weighted by molar-refractivity contribution is 0.249. The zero-order chi connectivity index (χ0) is 21.3. The number of likely N-dealkylation sites (tertiary alicyclic amines) is 1. The van der Waals surface area contributed by atoms with Gasteiger partial charge < -0.3 is 15.5 Å². The molecule has 1 unspecified atom stereocenters. The lowest BCUT2D eigenvalue weighted by Gasteiger charge is -2.27. The molecule has 1 aliphatic rings. The molecule has 30 heavy (non-hydrogen) atoms. The normalized spacial score (nSPS) is 16.2. The van der Waals surface area contributed by atoms with E-state index in [-0.39, 0.29) is 5.82 Å². The second-order valence-electron chi connectivity index (χ2n) is 8.01. The Hall–Kier alpha value is -1.96. The predicted molar refractivity (Wildman–Crippen MR) is 124 cm³/mol. The highest BCUT2D eigenvalue weighted by atomic mass is 32.1. The number of benzene rings is 1. The highest BCUT2D eigenvalue weighted by molar-refractivity contribution is 7.10. The summed E-state index contributed by atoms with van der Waals surface area (Å²) < 4.78 is 14.1. The second kappa shape index (κ2) is 11.4. The maximum absolute atomic E-state index is 14.1. The van der Waals surface area contributed by atoms with Gasteiger partial charge in [-0.1, -0.05) is 12.1 Å². The third-order valence-corrected chi connectivity index (χ3v) is 6.25. The van der Waals surface area contributed by atoms with Crippen LogP contribution < -0.4 is 10.6 Å². The van der Waals surface area contributed by atoms with Crippen LogP contribution in [0.15, 0.2) is 40.7 Å². The minimum atomic E-state index is -0.161. The van der Waals surface area contributed by atoms with Crippen LogP contribution >= 0.6 is 11.3 Å². The molecule has 0 aliphatic carbocycles. The summed E-state index contributed by atoms with van der Waals surface area (Å²) in [5, 5.41) is 9.03. The summed E-state index contributed by atoms with van der Waals surface area (Å²) in [4.78, 5) is 10.7. The van der Waals surface area contributed by atoms with E-state index in [0.717, 1.165) is 37.7 Å². The molecular weight excluding hydrogens is 397 g/mol. The van der Waals surface area contributed by atoms with E-state index in [1.54, 1.807) is 6.07 Å². The Labute approximate surface area is 184 Å². The van der Waals surface area contributed by atoms with Gasteiger partial charge in [-0.15, -0.1) is 11.3 Å². The summed E-state index contributed by atoms with van der Waals surface area (Å²) in [6.45, 7) is 7.10. The summed E-state index contributed by atoms with van der Waals surface area (Å²) in [7, 11) is 3.89. The van der Waals surface area contributed by atoms with Crippen molar-refractivity contribution in [2.75, 3.05) is 40.3 Å². The number of aliphatic imine (C=N–C) groups is 1. The van der Waals surface area contributed by atoms with Gasteiger partial charge in [0, 0.05) is 30.1 Å². The molecule has 2 aromatic rings. The van der Waals surface area contributed by atoms with E-state index in [9.17, 15) is 4.39 Å². The number of hydrogen-bond donors (Lipinski definition) is 2. The average molecular weight is 432 g/mol. The number of nitrogens with zero attached hydrogens (tertiary/aromatic N) is 3. The molecule has 7 heteroatoms. The number of nitrogens with one attached hydrogen (secondary N) is 2. The maximum atomic E-state index is 14.1. The molecule has 1 aliphatic heterocycles. The minimum absolute atomic E-state index is 0.161. The van der Waals surface area contributed by atoms with Gasteiger partial charge >= 0.3 is 0 Å². The van der Waals surface area contributed by atoms with Crippen LogP contribution in [0.25, 0.3) is 0 Å². The van der Waals surface area contributed by atoms with Crippen LogP contribution in [0.1, 0.15) is 41.8 Å². The number of halogens is 1. The van der Waals surface area contributed by atoms with E-state index < -0.39 is 0 Å². The number of hydrogen-bond acceptors (Lipinski definition) is 4. The van der Waals surface area contributed by atoms with E-state index in [4.69, 9.17) is 4.99 Å². The Balaban J connectivity index is 1.66. The highest BCUT2D eigenvalue weighted by Crippen LogP contribution is 2.27. The molecule has 0 spiro atoms. The largest absolute Gasteiger partial charge is 0.357 e. The molecule has 3 rings (SSSR count). The van der Waals surface area contributed by atoms with Crippen LogP contribution in [0.4, 0.5) is 4.39 Å². The first-order valence-corrected chi connectivity index (χ1v) is 11.7. The summed E-state index contributed by atoms with van der Waals surface area (Å²) in [6.07, 6.45) is 2.55. The fourth-order valence-corrected chi connectivity index (χ4v) is 4.70. The van der Waals surface area contributed by atoms with Crippen LogP contribution in [-0.4, -0.2) is 56.0 Å². The first-order valence-electron chi connectivity index (χ1n) is 10.8. The zero-order valence-electron chi connectivity index (χ0n) is 18.3. The first kappa shape index (κ1) is 22.7. The number of thiophene rings is 1. The monoisotopic (exact) mass is 431 g/mol. The molecule has 0 radical (unpaired) electrons. The summed E-state index contributed by atoms with van der Waals surface area (Å²) >= 11 is 1.82. The van der Waals surface area contributed by atoms with Crippen LogP contribution in [0.5, 0.6) is 0 Å². The fraction of sp³-hybridized carbons (Fsp3) is 0.522. The van der Waals surface area contributed by atoms with Gasteiger partial charge in [0.15, 0.2) is 5.96 Å². The molecule has 0 saturated carbocycles. The molecule has 1 aromatic heterocycles. The molecule has 0 amide bonds. The van der Waals surface area contributed by atoms with Crippen molar-refractivity contribution in [3.05, 3.63) is 57.5 Å². The molecule has 1 aromatic carbocycles. The molecule has 2 N–H and O–H groups in total. The predicted octanol–water partition coefficient (Wildman–Crippen LogP) is 3.84. The molecule has 2 heterocycles. The molecule has 5 nitrogen and oxygen atoms in total. The second-order valence-corrected chi connectivity index (χ2v) is 8.99. The Bertz CT molecular complexity index is 800. The molecule has 1 atom stereocenters. The van der Waals surface area contributed by atoms with Gasteiger partial charge in [0.1, 0.15) is 5.82 Å². The van der Waals surface area contributed by atoms with Crippen molar-refractivity contribution in [3.8, 4) is 0 Å². The van der Waals surface area contributed by atoms with Gasteiger partial charge in [0.05, 0.1) is 12.6 Å². The van der Waals surface area contributed by atoms with Gasteiger partial charge in [0.2, 0.25) is 0 Å². The van der Waals surface area contributed by atoms with E-state index in [0.29, 0.717) is 24.7 Å². The lowest BCUT2D eigenvalue weighted by atomic mass is 10.1. The fourth-order valence-electron chi connectivity index (χ4n) is 3.84.